The van der Waals surface area contributed by atoms with Gasteiger partial charge >= 0.3 is 6.18 Å². The van der Waals surface area contributed by atoms with Gasteiger partial charge in [0, 0.05) is 13.0 Å². The fourth-order valence-electron chi connectivity index (χ4n) is 2.40. The Bertz CT molecular complexity index is 935. The highest BCUT2D eigenvalue weighted by molar-refractivity contribution is 7.13. The van der Waals surface area contributed by atoms with Crippen molar-refractivity contribution in [2.24, 2.45) is 0 Å². The summed E-state index contributed by atoms with van der Waals surface area (Å²) in [6, 6.07) is 10.8. The van der Waals surface area contributed by atoms with Crippen molar-refractivity contribution in [2.45, 2.75) is 19.1 Å². The lowest BCUT2D eigenvalue weighted by Gasteiger charge is -2.07. The molecule has 3 aromatic rings. The van der Waals surface area contributed by atoms with Crippen molar-refractivity contribution < 1.29 is 22.4 Å². The highest BCUT2D eigenvalue weighted by atomic mass is 32.1. The minimum Gasteiger partial charge on any atom is -0.347 e. The maximum Gasteiger partial charge on any atom is 0.416 e. The van der Waals surface area contributed by atoms with Gasteiger partial charge < -0.3 is 5.32 Å². The van der Waals surface area contributed by atoms with Gasteiger partial charge in [0.1, 0.15) is 10.7 Å². The van der Waals surface area contributed by atoms with E-state index in [9.17, 15) is 22.4 Å². The third-order valence-electron chi connectivity index (χ3n) is 3.75. The number of nitrogens with one attached hydrogen (secondary N) is 1. The third kappa shape index (κ3) is 5.13. The molecule has 27 heavy (non-hydrogen) atoms. The number of alkyl halides is 3. The molecule has 0 aliphatic rings. The van der Waals surface area contributed by atoms with E-state index >= 15 is 0 Å². The highest BCUT2D eigenvalue weighted by Crippen LogP contribution is 2.30. The quantitative estimate of drug-likeness (QED) is 0.631. The van der Waals surface area contributed by atoms with Crippen molar-refractivity contribution in [3.05, 3.63) is 87.1 Å². The van der Waals surface area contributed by atoms with Gasteiger partial charge in [-0.05, 0) is 29.3 Å². The zero-order valence-electron chi connectivity index (χ0n) is 13.9. The number of nitrogens with zero attached hydrogens (tertiary/aromatic N) is 1. The van der Waals surface area contributed by atoms with Crippen LogP contribution in [0.4, 0.5) is 17.6 Å². The summed E-state index contributed by atoms with van der Waals surface area (Å²) in [5.74, 6) is -0.695. The molecule has 1 amide bonds. The number of rotatable bonds is 5. The average molecular weight is 394 g/mol. The molecule has 3 rings (SSSR count). The predicted octanol–water partition coefficient (Wildman–Crippen LogP) is 4.82. The van der Waals surface area contributed by atoms with Crippen LogP contribution in [0.1, 0.15) is 31.4 Å². The molecule has 0 aliphatic carbocycles. The Balaban J connectivity index is 1.62. The maximum absolute atomic E-state index is 12.9. The van der Waals surface area contributed by atoms with Gasteiger partial charge in [0.2, 0.25) is 0 Å². The highest BCUT2D eigenvalue weighted by Gasteiger charge is 2.30. The lowest BCUT2D eigenvalue weighted by Crippen LogP contribution is -2.21. The van der Waals surface area contributed by atoms with Crippen LogP contribution in [-0.4, -0.2) is 10.9 Å². The standard InChI is InChI=1S/C19H14F4N2OS/c20-15-6-4-12(5-7-15)10-25-18(26)16-11-24-17(27-16)9-13-2-1-3-14(8-13)19(21,22)23/h1-8,11H,9-10H2,(H,25,26). The Hall–Kier alpha value is -2.74. The van der Waals surface area contributed by atoms with Crippen LogP contribution in [0.5, 0.6) is 0 Å². The van der Waals surface area contributed by atoms with Gasteiger partial charge in [-0.15, -0.1) is 11.3 Å². The second-order valence-corrected chi connectivity index (χ2v) is 6.92. The van der Waals surface area contributed by atoms with Gasteiger partial charge in [-0.25, -0.2) is 9.37 Å². The molecule has 8 heteroatoms. The van der Waals surface area contributed by atoms with Crippen LogP contribution in [0.25, 0.3) is 0 Å². The summed E-state index contributed by atoms with van der Waals surface area (Å²) >= 11 is 1.12. The van der Waals surface area contributed by atoms with E-state index in [4.69, 9.17) is 0 Å². The molecule has 0 spiro atoms. The number of carbonyl (C=O) groups excluding carboxylic acids is 1. The van der Waals surface area contributed by atoms with Crippen LogP contribution in [0.15, 0.2) is 54.7 Å². The number of thiazole rings is 1. The number of carbonyl (C=O) groups is 1. The van der Waals surface area contributed by atoms with Crippen LogP contribution in [-0.2, 0) is 19.1 Å². The van der Waals surface area contributed by atoms with Gasteiger partial charge in [-0.1, -0.05) is 30.3 Å². The topological polar surface area (TPSA) is 42.0 Å². The SMILES string of the molecule is O=C(NCc1ccc(F)cc1)c1cnc(Cc2cccc(C(F)(F)F)c2)s1. The minimum atomic E-state index is -4.40. The lowest BCUT2D eigenvalue weighted by molar-refractivity contribution is -0.137. The predicted molar refractivity (Wildman–Crippen MR) is 93.9 cm³/mol. The van der Waals surface area contributed by atoms with Crippen molar-refractivity contribution in [1.82, 2.24) is 10.3 Å². The molecule has 0 fully saturated rings. The van der Waals surface area contributed by atoms with E-state index in [2.05, 4.69) is 10.3 Å². The van der Waals surface area contributed by atoms with Crippen molar-refractivity contribution in [1.29, 1.82) is 0 Å². The van der Waals surface area contributed by atoms with Crippen molar-refractivity contribution in [2.75, 3.05) is 0 Å². The first-order valence-corrected chi connectivity index (χ1v) is 8.76. The monoisotopic (exact) mass is 394 g/mol. The molecule has 1 N–H and O–H groups in total. The molecule has 0 saturated heterocycles. The molecule has 3 nitrogen and oxygen atoms in total. The number of aromatic nitrogens is 1. The smallest absolute Gasteiger partial charge is 0.347 e. The third-order valence-corrected chi connectivity index (χ3v) is 4.75. The first-order chi connectivity index (χ1) is 12.8. The number of amides is 1. The van der Waals surface area contributed by atoms with E-state index in [0.717, 1.165) is 29.0 Å². The van der Waals surface area contributed by atoms with E-state index in [1.54, 1.807) is 18.2 Å². The van der Waals surface area contributed by atoms with Crippen LogP contribution < -0.4 is 5.32 Å². The fraction of sp³-hybridized carbons (Fsp3) is 0.158. The number of benzene rings is 2. The molecular formula is C19H14F4N2OS. The number of hydrogen-bond acceptors (Lipinski definition) is 3. The summed E-state index contributed by atoms with van der Waals surface area (Å²) < 4.78 is 51.2. The summed E-state index contributed by atoms with van der Waals surface area (Å²) in [6.07, 6.45) is -2.79. The molecule has 1 aromatic heterocycles. The zero-order valence-corrected chi connectivity index (χ0v) is 14.7. The van der Waals surface area contributed by atoms with Gasteiger partial charge in [0.25, 0.3) is 5.91 Å². The van der Waals surface area contributed by atoms with Crippen molar-refractivity contribution >= 4 is 17.2 Å². The summed E-state index contributed by atoms with van der Waals surface area (Å²) in [7, 11) is 0. The summed E-state index contributed by atoms with van der Waals surface area (Å²) in [5, 5.41) is 3.24. The van der Waals surface area contributed by atoms with Gasteiger partial charge in [0.05, 0.1) is 16.8 Å². The molecule has 1 heterocycles. The Kier molecular flexibility index (Phi) is 5.55. The summed E-state index contributed by atoms with van der Waals surface area (Å²) in [4.78, 5) is 16.7. The van der Waals surface area contributed by atoms with E-state index in [0.29, 0.717) is 15.4 Å². The normalized spacial score (nSPS) is 11.4. The maximum atomic E-state index is 12.9. The van der Waals surface area contributed by atoms with E-state index in [-0.39, 0.29) is 24.7 Å². The van der Waals surface area contributed by atoms with E-state index in [1.165, 1.54) is 24.4 Å². The summed E-state index contributed by atoms with van der Waals surface area (Å²) in [6.45, 7) is 0.236. The minimum absolute atomic E-state index is 0.208. The van der Waals surface area contributed by atoms with Crippen LogP contribution >= 0.6 is 11.3 Å². The largest absolute Gasteiger partial charge is 0.416 e. The molecule has 0 atom stereocenters. The summed E-state index contributed by atoms with van der Waals surface area (Å²) in [5.41, 5.74) is 0.504. The Labute approximate surface area is 156 Å². The van der Waals surface area contributed by atoms with Crippen molar-refractivity contribution in [3.8, 4) is 0 Å². The Morgan fingerprint density at radius 3 is 2.52 bits per heavy atom. The van der Waals surface area contributed by atoms with E-state index in [1.807, 2.05) is 0 Å². The first-order valence-electron chi connectivity index (χ1n) is 7.95. The molecule has 0 radical (unpaired) electrons. The second kappa shape index (κ2) is 7.87. The van der Waals surface area contributed by atoms with Gasteiger partial charge in [0.15, 0.2) is 0 Å². The second-order valence-electron chi connectivity index (χ2n) is 5.80. The average Bonchev–Trinajstić information content (AvgIpc) is 3.09. The molecule has 2 aromatic carbocycles. The molecule has 0 aliphatic heterocycles. The zero-order chi connectivity index (χ0) is 19.4. The first kappa shape index (κ1) is 19.0. The molecular weight excluding hydrogens is 380 g/mol. The molecule has 0 bridgehead atoms. The Morgan fingerprint density at radius 1 is 1.07 bits per heavy atom. The molecule has 0 unspecified atom stereocenters. The fourth-order valence-corrected chi connectivity index (χ4v) is 3.27. The van der Waals surface area contributed by atoms with Gasteiger partial charge in [-0.3, -0.25) is 4.79 Å². The number of halogens is 4. The number of hydrogen-bond donors (Lipinski definition) is 1. The van der Waals surface area contributed by atoms with Crippen LogP contribution in [0.2, 0.25) is 0 Å². The van der Waals surface area contributed by atoms with Gasteiger partial charge in [-0.2, -0.15) is 13.2 Å². The molecule has 0 saturated carbocycles. The lowest BCUT2D eigenvalue weighted by atomic mass is 10.1. The Morgan fingerprint density at radius 2 is 1.81 bits per heavy atom. The molecule has 140 valence electrons. The van der Waals surface area contributed by atoms with Crippen molar-refractivity contribution in [3.63, 3.8) is 0 Å². The van der Waals surface area contributed by atoms with Crippen LogP contribution in [0, 0.1) is 5.82 Å². The van der Waals surface area contributed by atoms with Crippen LogP contribution in [0.3, 0.4) is 0 Å². The van der Waals surface area contributed by atoms with E-state index < -0.39 is 11.7 Å².